The second kappa shape index (κ2) is 10.2. The van der Waals surface area contributed by atoms with E-state index in [1.54, 1.807) is 38.1 Å². The molecule has 2 aromatic carbocycles. The van der Waals surface area contributed by atoms with Gasteiger partial charge in [-0.05, 0) is 64.1 Å². The molecule has 1 amide bonds. The topological polar surface area (TPSA) is 111 Å². The number of para-hydroxylation sites is 1. The van der Waals surface area contributed by atoms with E-state index in [9.17, 15) is 18.0 Å². The highest BCUT2D eigenvalue weighted by atomic mass is 32.2. The maximum atomic E-state index is 12.3. The van der Waals surface area contributed by atoms with E-state index in [0.29, 0.717) is 11.4 Å². The van der Waals surface area contributed by atoms with Crippen LogP contribution in [0.4, 0.5) is 5.69 Å². The lowest BCUT2D eigenvalue weighted by Gasteiger charge is -2.18. The Bertz CT molecular complexity index is 959. The van der Waals surface area contributed by atoms with Crippen molar-refractivity contribution in [3.05, 3.63) is 54.6 Å². The second-order valence-corrected chi connectivity index (χ2v) is 8.66. The molecule has 2 rings (SSSR count). The summed E-state index contributed by atoms with van der Waals surface area (Å²) >= 11 is 0. The van der Waals surface area contributed by atoms with Gasteiger partial charge in [-0.2, -0.15) is 0 Å². The lowest BCUT2D eigenvalue weighted by Crippen LogP contribution is -2.35. The fourth-order valence-electron chi connectivity index (χ4n) is 2.41. The lowest BCUT2D eigenvalue weighted by molar-refractivity contribution is -0.159. The van der Waals surface area contributed by atoms with Crippen LogP contribution in [0.15, 0.2) is 59.5 Å². The average Bonchev–Trinajstić information content (AvgIpc) is 2.68. The summed E-state index contributed by atoms with van der Waals surface area (Å²) in [6, 6.07) is 14.2. The first-order valence-electron chi connectivity index (χ1n) is 9.44. The fourth-order valence-corrected chi connectivity index (χ4v) is 3.67. The van der Waals surface area contributed by atoms with Crippen LogP contribution in [-0.2, 0) is 24.3 Å². The number of carbonyl (C=O) groups excluding carboxylic acids is 2. The number of amides is 1. The quantitative estimate of drug-likeness (QED) is 0.587. The lowest BCUT2D eigenvalue weighted by atomic mass is 10.3. The molecule has 0 aliphatic rings. The molecular formula is C21H26N2O6S. The Morgan fingerprint density at radius 2 is 1.47 bits per heavy atom. The van der Waals surface area contributed by atoms with Gasteiger partial charge in [0.1, 0.15) is 5.75 Å². The van der Waals surface area contributed by atoms with Crippen molar-refractivity contribution in [2.24, 2.45) is 0 Å². The molecule has 0 fully saturated rings. The number of hydrogen-bond acceptors (Lipinski definition) is 6. The van der Waals surface area contributed by atoms with Gasteiger partial charge in [0.25, 0.3) is 5.91 Å². The molecule has 0 spiro atoms. The third-order valence-corrected chi connectivity index (χ3v) is 5.55. The van der Waals surface area contributed by atoms with Crippen LogP contribution in [0.5, 0.6) is 5.75 Å². The Morgan fingerprint density at radius 3 is 2.03 bits per heavy atom. The fraction of sp³-hybridized carbons (Fsp3) is 0.333. The van der Waals surface area contributed by atoms with Crippen molar-refractivity contribution in [1.82, 2.24) is 4.72 Å². The Kier molecular flexibility index (Phi) is 7.96. The number of hydrogen-bond donors (Lipinski definition) is 2. The van der Waals surface area contributed by atoms with Crippen molar-refractivity contribution in [1.29, 1.82) is 0 Å². The molecule has 0 saturated carbocycles. The van der Waals surface area contributed by atoms with Crippen LogP contribution in [0.2, 0.25) is 0 Å². The van der Waals surface area contributed by atoms with E-state index in [2.05, 4.69) is 10.0 Å². The van der Waals surface area contributed by atoms with Gasteiger partial charge in [-0.3, -0.25) is 4.79 Å². The third kappa shape index (κ3) is 6.85. The van der Waals surface area contributed by atoms with Crippen molar-refractivity contribution >= 4 is 27.6 Å². The number of carbonyl (C=O) groups is 2. The van der Waals surface area contributed by atoms with Crippen LogP contribution in [0.25, 0.3) is 0 Å². The highest BCUT2D eigenvalue weighted by molar-refractivity contribution is 7.89. The summed E-state index contributed by atoms with van der Waals surface area (Å²) in [7, 11) is -3.62. The molecule has 0 heterocycles. The number of esters is 1. The number of anilines is 1. The molecule has 2 aromatic rings. The van der Waals surface area contributed by atoms with E-state index in [1.807, 2.05) is 6.07 Å². The molecule has 2 N–H and O–H groups in total. The first kappa shape index (κ1) is 23.4. The van der Waals surface area contributed by atoms with Gasteiger partial charge in [0.05, 0.1) is 4.90 Å². The molecule has 9 heteroatoms. The average molecular weight is 435 g/mol. The standard InChI is InChI=1S/C21H26N2O6S/c1-14(2)23-30(26,27)19-12-10-17(11-13-19)22-20(24)15(3)29-21(25)16(4)28-18-8-6-5-7-9-18/h5-16,23H,1-4H3,(H,22,24)/t15-,16-/m1/s1. The van der Waals surface area contributed by atoms with E-state index >= 15 is 0 Å². The van der Waals surface area contributed by atoms with Crippen LogP contribution >= 0.6 is 0 Å². The van der Waals surface area contributed by atoms with E-state index in [4.69, 9.17) is 9.47 Å². The molecule has 30 heavy (non-hydrogen) atoms. The van der Waals surface area contributed by atoms with Crippen LogP contribution in [0, 0.1) is 0 Å². The summed E-state index contributed by atoms with van der Waals surface area (Å²) in [5.74, 6) is -0.713. The Labute approximate surface area is 176 Å². The molecule has 0 aliphatic heterocycles. The number of sulfonamides is 1. The minimum atomic E-state index is -3.62. The summed E-state index contributed by atoms with van der Waals surface area (Å²) in [4.78, 5) is 24.5. The smallest absolute Gasteiger partial charge is 0.347 e. The van der Waals surface area contributed by atoms with Crippen molar-refractivity contribution in [3.63, 3.8) is 0 Å². The number of rotatable bonds is 9. The molecule has 8 nitrogen and oxygen atoms in total. The number of nitrogens with one attached hydrogen (secondary N) is 2. The first-order chi connectivity index (χ1) is 14.1. The summed E-state index contributed by atoms with van der Waals surface area (Å²) in [5.41, 5.74) is 0.375. The predicted molar refractivity (Wildman–Crippen MR) is 113 cm³/mol. The summed E-state index contributed by atoms with van der Waals surface area (Å²) < 4.78 is 37.4. The normalized spacial score (nSPS) is 13.4. The van der Waals surface area contributed by atoms with Crippen molar-refractivity contribution < 1.29 is 27.5 Å². The van der Waals surface area contributed by atoms with Gasteiger partial charge in [0.15, 0.2) is 12.2 Å². The van der Waals surface area contributed by atoms with Gasteiger partial charge in [0, 0.05) is 11.7 Å². The molecule has 2 atom stereocenters. The van der Waals surface area contributed by atoms with Gasteiger partial charge in [-0.25, -0.2) is 17.9 Å². The Hall–Kier alpha value is -2.91. The molecule has 0 unspecified atom stereocenters. The zero-order valence-electron chi connectivity index (χ0n) is 17.3. The van der Waals surface area contributed by atoms with Crippen molar-refractivity contribution in [2.75, 3.05) is 5.32 Å². The van der Waals surface area contributed by atoms with Crippen molar-refractivity contribution in [2.45, 2.75) is 50.8 Å². The molecule has 0 radical (unpaired) electrons. The molecule has 0 bridgehead atoms. The van der Waals surface area contributed by atoms with Gasteiger partial charge in [0.2, 0.25) is 10.0 Å². The maximum absolute atomic E-state index is 12.3. The van der Waals surface area contributed by atoms with Gasteiger partial charge < -0.3 is 14.8 Å². The highest BCUT2D eigenvalue weighted by Crippen LogP contribution is 2.16. The molecule has 162 valence electrons. The first-order valence-corrected chi connectivity index (χ1v) is 10.9. The van der Waals surface area contributed by atoms with Crippen LogP contribution in [0.1, 0.15) is 27.7 Å². The monoisotopic (exact) mass is 434 g/mol. The molecular weight excluding hydrogens is 408 g/mol. The van der Waals surface area contributed by atoms with Crippen LogP contribution in [-0.4, -0.2) is 38.5 Å². The summed E-state index contributed by atoms with van der Waals surface area (Å²) in [6.45, 7) is 6.42. The molecule has 0 aliphatic carbocycles. The summed E-state index contributed by atoms with van der Waals surface area (Å²) in [5, 5.41) is 2.58. The minimum absolute atomic E-state index is 0.0839. The van der Waals surface area contributed by atoms with Gasteiger partial charge >= 0.3 is 5.97 Å². The van der Waals surface area contributed by atoms with Gasteiger partial charge in [-0.1, -0.05) is 18.2 Å². The molecule has 0 aromatic heterocycles. The largest absolute Gasteiger partial charge is 0.479 e. The molecule has 0 saturated heterocycles. The number of ether oxygens (including phenoxy) is 2. The SMILES string of the molecule is CC(C)NS(=O)(=O)c1ccc(NC(=O)[C@@H](C)OC(=O)[C@@H](C)Oc2ccccc2)cc1. The van der Waals surface area contributed by atoms with E-state index in [-0.39, 0.29) is 10.9 Å². The maximum Gasteiger partial charge on any atom is 0.347 e. The predicted octanol–water partition coefficient (Wildman–Crippen LogP) is 2.71. The van der Waals surface area contributed by atoms with Crippen LogP contribution < -0.4 is 14.8 Å². The third-order valence-electron chi connectivity index (χ3n) is 3.87. The van der Waals surface area contributed by atoms with Gasteiger partial charge in [-0.15, -0.1) is 0 Å². The Morgan fingerprint density at radius 1 is 0.867 bits per heavy atom. The van der Waals surface area contributed by atoms with Crippen molar-refractivity contribution in [3.8, 4) is 5.75 Å². The van der Waals surface area contributed by atoms with E-state index < -0.39 is 34.1 Å². The zero-order valence-corrected chi connectivity index (χ0v) is 18.1. The minimum Gasteiger partial charge on any atom is -0.479 e. The Balaban J connectivity index is 1.91. The summed E-state index contributed by atoms with van der Waals surface area (Å²) in [6.07, 6.45) is -1.95. The van der Waals surface area contributed by atoms with Crippen LogP contribution in [0.3, 0.4) is 0 Å². The van der Waals surface area contributed by atoms with E-state index in [1.165, 1.54) is 38.1 Å². The zero-order chi connectivity index (χ0) is 22.3. The van der Waals surface area contributed by atoms with E-state index in [0.717, 1.165) is 0 Å². The second-order valence-electron chi connectivity index (χ2n) is 6.94. The highest BCUT2D eigenvalue weighted by Gasteiger charge is 2.23. The number of benzene rings is 2.